The molecule has 72 valence electrons. The van der Waals surface area contributed by atoms with Crippen LogP contribution in [0.3, 0.4) is 0 Å². The summed E-state index contributed by atoms with van der Waals surface area (Å²) in [6.45, 7) is 2.26. The Morgan fingerprint density at radius 1 is 1.50 bits per heavy atom. The number of carbonyl (C=O) groups is 1. The summed E-state index contributed by atoms with van der Waals surface area (Å²) in [6, 6.07) is 0. The summed E-state index contributed by atoms with van der Waals surface area (Å²) in [5.74, 6) is -1.95. The highest BCUT2D eigenvalue weighted by atomic mass is 32.2. The Kier molecular flexibility index (Phi) is 3.23. The van der Waals surface area contributed by atoms with Gasteiger partial charge in [-0.05, 0) is 13.8 Å². The second-order valence-electron chi connectivity index (χ2n) is 2.84. The Balaban J connectivity index is 4.90. The number of ether oxygens (including phenoxy) is 1. The van der Waals surface area contributed by atoms with Crippen LogP contribution in [0.2, 0.25) is 0 Å². The predicted octanol–water partition coefficient (Wildman–Crippen LogP) is -0.132. The Morgan fingerprint density at radius 3 is 2.17 bits per heavy atom. The molecule has 0 rings (SSSR count). The summed E-state index contributed by atoms with van der Waals surface area (Å²) in [5, 5.41) is 8.57. The first-order chi connectivity index (χ1) is 5.25. The average molecular weight is 196 g/mol. The SMILES string of the molecule is COCS(=O)(=O)C(C)(C)C(=O)O. The molecule has 0 aromatic heterocycles. The first kappa shape index (κ1) is 11.4. The molecule has 0 aromatic carbocycles. The molecular weight excluding hydrogens is 184 g/mol. The van der Waals surface area contributed by atoms with E-state index in [9.17, 15) is 13.2 Å². The Bertz CT molecular complexity index is 264. The molecular formula is C6H12O5S. The van der Waals surface area contributed by atoms with Gasteiger partial charge in [-0.1, -0.05) is 0 Å². The summed E-state index contributed by atoms with van der Waals surface area (Å²) < 4.78 is 25.0. The van der Waals surface area contributed by atoms with Crippen LogP contribution in [0.15, 0.2) is 0 Å². The number of carboxylic acid groups (broad SMARTS) is 1. The van der Waals surface area contributed by atoms with Gasteiger partial charge in [0.2, 0.25) is 0 Å². The second kappa shape index (κ2) is 3.40. The molecule has 6 heteroatoms. The van der Waals surface area contributed by atoms with Crippen LogP contribution in [-0.2, 0) is 19.4 Å². The minimum Gasteiger partial charge on any atom is -0.480 e. The fourth-order valence-electron chi connectivity index (χ4n) is 0.435. The third-order valence-electron chi connectivity index (χ3n) is 1.57. The van der Waals surface area contributed by atoms with Gasteiger partial charge in [0.25, 0.3) is 0 Å². The van der Waals surface area contributed by atoms with Crippen molar-refractivity contribution in [2.75, 3.05) is 13.0 Å². The quantitative estimate of drug-likeness (QED) is 0.677. The number of hydrogen-bond acceptors (Lipinski definition) is 4. The van der Waals surface area contributed by atoms with Crippen LogP contribution in [0.25, 0.3) is 0 Å². The summed E-state index contributed by atoms with van der Waals surface area (Å²) in [6.07, 6.45) is 0. The molecule has 0 bridgehead atoms. The van der Waals surface area contributed by atoms with E-state index in [2.05, 4.69) is 4.74 Å². The normalized spacial score (nSPS) is 12.9. The monoisotopic (exact) mass is 196 g/mol. The number of hydrogen-bond donors (Lipinski definition) is 1. The standard InChI is InChI=1S/C6H12O5S/c1-6(2,5(7)8)12(9,10)4-11-3/h4H2,1-3H3,(H,7,8). The molecule has 0 amide bonds. The Hall–Kier alpha value is -0.620. The van der Waals surface area contributed by atoms with Gasteiger partial charge in [-0.3, -0.25) is 4.79 Å². The molecule has 12 heavy (non-hydrogen) atoms. The van der Waals surface area contributed by atoms with Crippen molar-refractivity contribution < 1.29 is 23.1 Å². The zero-order chi connectivity index (χ0) is 9.99. The molecule has 0 fully saturated rings. The maximum absolute atomic E-state index is 11.2. The smallest absolute Gasteiger partial charge is 0.324 e. The van der Waals surface area contributed by atoms with E-state index in [0.29, 0.717) is 0 Å². The van der Waals surface area contributed by atoms with Crippen LogP contribution in [0, 0.1) is 0 Å². The molecule has 1 N–H and O–H groups in total. The van der Waals surface area contributed by atoms with Gasteiger partial charge in [-0.15, -0.1) is 0 Å². The van der Waals surface area contributed by atoms with Gasteiger partial charge in [-0.25, -0.2) is 8.42 Å². The zero-order valence-electron chi connectivity index (χ0n) is 7.20. The van der Waals surface area contributed by atoms with Crippen LogP contribution >= 0.6 is 0 Å². The van der Waals surface area contributed by atoms with Crippen LogP contribution in [0.5, 0.6) is 0 Å². The van der Waals surface area contributed by atoms with E-state index in [1.165, 1.54) is 7.11 Å². The van der Waals surface area contributed by atoms with Crippen LogP contribution < -0.4 is 0 Å². The van der Waals surface area contributed by atoms with Gasteiger partial charge in [-0.2, -0.15) is 0 Å². The third kappa shape index (κ3) is 1.95. The third-order valence-corrected chi connectivity index (χ3v) is 3.84. The van der Waals surface area contributed by atoms with Gasteiger partial charge in [0.15, 0.2) is 14.6 Å². The molecule has 0 aliphatic rings. The van der Waals surface area contributed by atoms with Gasteiger partial charge < -0.3 is 9.84 Å². The van der Waals surface area contributed by atoms with Crippen LogP contribution in [0.1, 0.15) is 13.8 Å². The van der Waals surface area contributed by atoms with Crippen molar-refractivity contribution in [3.05, 3.63) is 0 Å². The number of aliphatic carboxylic acids is 1. The predicted molar refractivity (Wildman–Crippen MR) is 42.5 cm³/mol. The highest BCUT2D eigenvalue weighted by Crippen LogP contribution is 2.17. The lowest BCUT2D eigenvalue weighted by Gasteiger charge is -2.18. The van der Waals surface area contributed by atoms with Crippen LogP contribution in [-0.4, -0.2) is 37.3 Å². The molecule has 0 heterocycles. The van der Waals surface area contributed by atoms with Gasteiger partial charge in [0, 0.05) is 7.11 Å². The molecule has 0 atom stereocenters. The fourth-order valence-corrected chi connectivity index (χ4v) is 1.31. The maximum atomic E-state index is 11.2. The topological polar surface area (TPSA) is 80.7 Å². The fraction of sp³-hybridized carbons (Fsp3) is 0.833. The van der Waals surface area contributed by atoms with Crippen molar-refractivity contribution in [2.45, 2.75) is 18.6 Å². The van der Waals surface area contributed by atoms with Gasteiger partial charge >= 0.3 is 5.97 Å². The van der Waals surface area contributed by atoms with E-state index in [-0.39, 0.29) is 0 Å². The average Bonchev–Trinajstić information content (AvgIpc) is 1.86. The van der Waals surface area contributed by atoms with E-state index in [1.807, 2.05) is 0 Å². The van der Waals surface area contributed by atoms with Crippen LogP contribution in [0.4, 0.5) is 0 Å². The Labute approximate surface area is 71.3 Å². The van der Waals surface area contributed by atoms with E-state index >= 15 is 0 Å². The number of sulfone groups is 1. The van der Waals surface area contributed by atoms with E-state index in [4.69, 9.17) is 5.11 Å². The first-order valence-electron chi connectivity index (χ1n) is 3.20. The van der Waals surface area contributed by atoms with E-state index in [0.717, 1.165) is 13.8 Å². The molecule has 0 spiro atoms. The van der Waals surface area contributed by atoms with Gasteiger partial charge in [0.05, 0.1) is 0 Å². The molecule has 0 aliphatic carbocycles. The first-order valence-corrected chi connectivity index (χ1v) is 4.85. The lowest BCUT2D eigenvalue weighted by Crippen LogP contribution is -2.42. The van der Waals surface area contributed by atoms with Gasteiger partial charge in [0.1, 0.15) is 5.94 Å². The maximum Gasteiger partial charge on any atom is 0.324 e. The molecule has 0 aromatic rings. The molecule has 0 unspecified atom stereocenters. The lowest BCUT2D eigenvalue weighted by atomic mass is 10.2. The molecule has 0 saturated carbocycles. The van der Waals surface area contributed by atoms with E-state index < -0.39 is 26.5 Å². The van der Waals surface area contributed by atoms with Crippen molar-refractivity contribution in [1.82, 2.24) is 0 Å². The largest absolute Gasteiger partial charge is 0.480 e. The molecule has 0 aliphatic heterocycles. The van der Waals surface area contributed by atoms with Crippen molar-refractivity contribution in [2.24, 2.45) is 0 Å². The summed E-state index contributed by atoms with van der Waals surface area (Å²) in [7, 11) is -2.53. The Morgan fingerprint density at radius 2 is 1.92 bits per heavy atom. The summed E-state index contributed by atoms with van der Waals surface area (Å²) in [4.78, 5) is 10.5. The van der Waals surface area contributed by atoms with Crippen molar-refractivity contribution in [3.8, 4) is 0 Å². The van der Waals surface area contributed by atoms with E-state index in [1.54, 1.807) is 0 Å². The minimum absolute atomic E-state index is 0.577. The van der Waals surface area contributed by atoms with Crippen molar-refractivity contribution in [1.29, 1.82) is 0 Å². The highest BCUT2D eigenvalue weighted by molar-refractivity contribution is 7.93. The second-order valence-corrected chi connectivity index (χ2v) is 5.32. The number of carboxylic acids is 1. The lowest BCUT2D eigenvalue weighted by molar-refractivity contribution is -0.139. The number of rotatable bonds is 4. The molecule has 0 radical (unpaired) electrons. The van der Waals surface area contributed by atoms with Crippen molar-refractivity contribution >= 4 is 15.8 Å². The zero-order valence-corrected chi connectivity index (χ0v) is 8.01. The number of methoxy groups -OCH3 is 1. The highest BCUT2D eigenvalue weighted by Gasteiger charge is 2.41. The summed E-state index contributed by atoms with van der Waals surface area (Å²) >= 11 is 0. The molecule has 0 saturated heterocycles. The minimum atomic E-state index is -3.73. The molecule has 5 nitrogen and oxygen atoms in total. The van der Waals surface area contributed by atoms with Crippen molar-refractivity contribution in [3.63, 3.8) is 0 Å². The summed E-state index contributed by atoms with van der Waals surface area (Å²) in [5.41, 5.74) is 0.